The Balaban J connectivity index is 1.64. The minimum Gasteiger partial charge on any atom is -0.504 e. The molecule has 2 aromatic carbocycles. The summed E-state index contributed by atoms with van der Waals surface area (Å²) in [5, 5.41) is 11.8. The molecule has 1 aromatic heterocycles. The first-order valence-electron chi connectivity index (χ1n) is 10.4. The van der Waals surface area contributed by atoms with Crippen LogP contribution in [0.25, 0.3) is 20.8 Å². The number of likely N-dealkylation sites (N-methyl/N-ethyl adjacent to an activating group) is 2. The highest BCUT2D eigenvalue weighted by atomic mass is 32.1. The van der Waals surface area contributed by atoms with Gasteiger partial charge in [-0.3, -0.25) is 4.90 Å². The summed E-state index contributed by atoms with van der Waals surface area (Å²) in [5.41, 5.74) is 2.87. The summed E-state index contributed by atoms with van der Waals surface area (Å²) in [5.74, 6) is 0.726. The van der Waals surface area contributed by atoms with Gasteiger partial charge in [0.2, 0.25) is 0 Å². The molecule has 0 amide bonds. The molecule has 0 radical (unpaired) electrons. The Bertz CT molecular complexity index is 959. The zero-order valence-electron chi connectivity index (χ0n) is 18.0. The van der Waals surface area contributed by atoms with E-state index in [4.69, 9.17) is 9.72 Å². The van der Waals surface area contributed by atoms with E-state index in [1.54, 1.807) is 18.4 Å². The maximum atomic E-state index is 10.8. The minimum atomic E-state index is 0.226. The number of fused-ring (bicyclic) bond motifs is 1. The fourth-order valence-electron chi connectivity index (χ4n) is 3.76. The average Bonchev–Trinajstić information content (AvgIpc) is 3.21. The van der Waals surface area contributed by atoms with Crippen molar-refractivity contribution in [3.63, 3.8) is 0 Å². The van der Waals surface area contributed by atoms with E-state index in [1.807, 2.05) is 24.3 Å². The number of para-hydroxylation sites is 1. The van der Waals surface area contributed by atoms with Gasteiger partial charge in [-0.15, -0.1) is 11.3 Å². The van der Waals surface area contributed by atoms with E-state index in [0.29, 0.717) is 12.3 Å². The molecule has 2 heterocycles. The quantitative estimate of drug-likeness (QED) is 0.691. The molecule has 1 aliphatic heterocycles. The number of benzene rings is 2. The summed E-state index contributed by atoms with van der Waals surface area (Å²) in [4.78, 5) is 11.9. The maximum Gasteiger partial charge on any atom is 0.162 e. The lowest BCUT2D eigenvalue weighted by Crippen LogP contribution is -2.34. The van der Waals surface area contributed by atoms with Crippen molar-refractivity contribution in [2.75, 3.05) is 60.5 Å². The number of rotatable bonds is 4. The largest absolute Gasteiger partial charge is 0.504 e. The van der Waals surface area contributed by atoms with Crippen LogP contribution < -0.4 is 4.74 Å². The van der Waals surface area contributed by atoms with Crippen molar-refractivity contribution in [1.29, 1.82) is 0 Å². The van der Waals surface area contributed by atoms with Gasteiger partial charge >= 0.3 is 0 Å². The van der Waals surface area contributed by atoms with Crippen LogP contribution in [0.3, 0.4) is 0 Å². The van der Waals surface area contributed by atoms with Gasteiger partial charge in [-0.05, 0) is 38.4 Å². The van der Waals surface area contributed by atoms with Gasteiger partial charge in [-0.2, -0.15) is 0 Å². The first-order valence-corrected chi connectivity index (χ1v) is 11.2. The number of phenols is 1. The Morgan fingerprint density at radius 3 is 2.33 bits per heavy atom. The number of thiazole rings is 1. The van der Waals surface area contributed by atoms with Gasteiger partial charge in [0.1, 0.15) is 5.01 Å². The highest BCUT2D eigenvalue weighted by molar-refractivity contribution is 7.21. The van der Waals surface area contributed by atoms with Crippen LogP contribution in [0, 0.1) is 0 Å². The molecule has 4 rings (SSSR count). The molecule has 0 aliphatic carbocycles. The molecule has 0 spiro atoms. The lowest BCUT2D eigenvalue weighted by Gasteiger charge is -2.25. The number of ether oxygens (including phenoxy) is 1. The molecule has 1 fully saturated rings. The highest BCUT2D eigenvalue weighted by Crippen LogP contribution is 2.38. The standard InChI is InChI=1S/C23H30N4O2S/c1-25-8-9-26(2)11-13-27(12-10-25)16-18-14-17(15-20(29-3)22(18)28)23-24-19-6-4-5-7-21(19)30-23/h4-7,14-15,28H,8-13,16H2,1-3H3. The van der Waals surface area contributed by atoms with Crippen LogP contribution in [0.4, 0.5) is 0 Å². The summed E-state index contributed by atoms with van der Waals surface area (Å²) >= 11 is 1.66. The van der Waals surface area contributed by atoms with Crippen molar-refractivity contribution >= 4 is 21.6 Å². The predicted octanol–water partition coefficient (Wildman–Crippen LogP) is 3.36. The van der Waals surface area contributed by atoms with E-state index in [1.165, 1.54) is 0 Å². The van der Waals surface area contributed by atoms with Crippen LogP contribution in [0.2, 0.25) is 0 Å². The third kappa shape index (κ3) is 4.75. The first-order chi connectivity index (χ1) is 14.5. The van der Waals surface area contributed by atoms with Crippen LogP contribution in [0.5, 0.6) is 11.5 Å². The lowest BCUT2D eigenvalue weighted by molar-refractivity contribution is 0.225. The summed E-state index contributed by atoms with van der Waals surface area (Å²) in [7, 11) is 5.95. The molecule has 3 aromatic rings. The van der Waals surface area contributed by atoms with Gasteiger partial charge in [0.15, 0.2) is 11.5 Å². The van der Waals surface area contributed by atoms with Gasteiger partial charge in [0.05, 0.1) is 17.3 Å². The van der Waals surface area contributed by atoms with E-state index in [-0.39, 0.29) is 5.75 Å². The molecule has 160 valence electrons. The minimum absolute atomic E-state index is 0.226. The second-order valence-corrected chi connectivity index (χ2v) is 9.09. The number of nitrogens with zero attached hydrogens (tertiary/aromatic N) is 4. The molecule has 1 N–H and O–H groups in total. The summed E-state index contributed by atoms with van der Waals surface area (Å²) in [6.45, 7) is 6.82. The summed E-state index contributed by atoms with van der Waals surface area (Å²) in [6.07, 6.45) is 0. The van der Waals surface area contributed by atoms with Gasteiger partial charge in [-0.25, -0.2) is 4.98 Å². The van der Waals surface area contributed by atoms with Crippen molar-refractivity contribution in [2.45, 2.75) is 6.54 Å². The smallest absolute Gasteiger partial charge is 0.162 e. The summed E-state index contributed by atoms with van der Waals surface area (Å²) < 4.78 is 6.66. The van der Waals surface area contributed by atoms with E-state index >= 15 is 0 Å². The van der Waals surface area contributed by atoms with Crippen molar-refractivity contribution in [3.8, 4) is 22.1 Å². The Hall–Kier alpha value is -2.19. The van der Waals surface area contributed by atoms with Gasteiger partial charge in [0, 0.05) is 56.9 Å². The highest BCUT2D eigenvalue weighted by Gasteiger charge is 2.18. The molecule has 0 saturated carbocycles. The molecular formula is C23H30N4O2S. The zero-order chi connectivity index (χ0) is 21.1. The second-order valence-electron chi connectivity index (χ2n) is 8.06. The van der Waals surface area contributed by atoms with E-state index in [2.05, 4.69) is 40.9 Å². The van der Waals surface area contributed by atoms with Crippen LogP contribution in [0.1, 0.15) is 5.56 Å². The molecule has 30 heavy (non-hydrogen) atoms. The van der Waals surface area contributed by atoms with Crippen LogP contribution in [-0.2, 0) is 6.54 Å². The van der Waals surface area contributed by atoms with Crippen LogP contribution >= 0.6 is 11.3 Å². The average molecular weight is 427 g/mol. The van der Waals surface area contributed by atoms with E-state index in [0.717, 1.165) is 65.6 Å². The normalized spacial score (nSPS) is 17.6. The topological polar surface area (TPSA) is 52.1 Å². The molecule has 0 unspecified atom stereocenters. The van der Waals surface area contributed by atoms with Crippen LogP contribution in [0.15, 0.2) is 36.4 Å². The van der Waals surface area contributed by atoms with Crippen LogP contribution in [-0.4, -0.2) is 85.3 Å². The monoisotopic (exact) mass is 426 g/mol. The zero-order valence-corrected chi connectivity index (χ0v) is 18.8. The summed E-state index contributed by atoms with van der Waals surface area (Å²) in [6, 6.07) is 12.1. The van der Waals surface area contributed by atoms with Crippen molar-refractivity contribution < 1.29 is 9.84 Å². The van der Waals surface area contributed by atoms with Crippen molar-refractivity contribution in [3.05, 3.63) is 42.0 Å². The lowest BCUT2D eigenvalue weighted by atomic mass is 10.1. The van der Waals surface area contributed by atoms with E-state index in [9.17, 15) is 5.11 Å². The fraction of sp³-hybridized carbons (Fsp3) is 0.435. The Kier molecular flexibility index (Phi) is 6.53. The third-order valence-corrected chi connectivity index (χ3v) is 6.85. The number of methoxy groups -OCH3 is 1. The fourth-order valence-corrected chi connectivity index (χ4v) is 4.71. The van der Waals surface area contributed by atoms with Gasteiger partial charge in [-0.1, -0.05) is 12.1 Å². The van der Waals surface area contributed by atoms with E-state index < -0.39 is 0 Å². The molecule has 0 bridgehead atoms. The maximum absolute atomic E-state index is 10.8. The molecule has 1 aliphatic rings. The Labute approximate surface area is 182 Å². The molecule has 1 saturated heterocycles. The first kappa shape index (κ1) is 21.1. The number of hydrogen-bond acceptors (Lipinski definition) is 7. The Morgan fingerprint density at radius 2 is 1.67 bits per heavy atom. The number of phenolic OH excluding ortho intramolecular Hbond substituents is 1. The second kappa shape index (κ2) is 9.31. The SMILES string of the molecule is COc1cc(-c2nc3ccccc3s2)cc(CN2CCN(C)CCN(C)CC2)c1O. The number of hydrogen-bond donors (Lipinski definition) is 1. The number of aromatic nitrogens is 1. The Morgan fingerprint density at radius 1 is 1.00 bits per heavy atom. The van der Waals surface area contributed by atoms with Gasteiger partial charge < -0.3 is 19.6 Å². The molecular weight excluding hydrogens is 396 g/mol. The molecule has 7 heteroatoms. The van der Waals surface area contributed by atoms with Crippen molar-refractivity contribution in [2.24, 2.45) is 0 Å². The number of aromatic hydroxyl groups is 1. The van der Waals surface area contributed by atoms with Crippen molar-refractivity contribution in [1.82, 2.24) is 19.7 Å². The molecule has 6 nitrogen and oxygen atoms in total. The third-order valence-electron chi connectivity index (χ3n) is 5.77. The predicted molar refractivity (Wildman–Crippen MR) is 124 cm³/mol. The molecule has 0 atom stereocenters. The van der Waals surface area contributed by atoms with Gasteiger partial charge in [0.25, 0.3) is 0 Å².